The number of nitrogens with one attached hydrogen (secondary N) is 1. The summed E-state index contributed by atoms with van der Waals surface area (Å²) in [5.41, 5.74) is 0.959. The van der Waals surface area contributed by atoms with Gasteiger partial charge in [0.05, 0.1) is 18.4 Å². The highest BCUT2D eigenvalue weighted by atomic mass is 32.1. The van der Waals surface area contributed by atoms with Gasteiger partial charge in [-0.05, 0) is 6.92 Å². The molecule has 0 spiro atoms. The SMILES string of the molecule is Cc1csc(NCC(O)CO)n1. The highest BCUT2D eigenvalue weighted by Crippen LogP contribution is 2.13. The maximum absolute atomic E-state index is 8.99. The minimum Gasteiger partial charge on any atom is -0.394 e. The van der Waals surface area contributed by atoms with Gasteiger partial charge in [0, 0.05) is 11.9 Å². The summed E-state index contributed by atoms with van der Waals surface area (Å²) in [5.74, 6) is 0. The van der Waals surface area contributed by atoms with Crippen molar-refractivity contribution in [3.05, 3.63) is 11.1 Å². The first-order valence-corrected chi connectivity index (χ1v) is 4.55. The van der Waals surface area contributed by atoms with Crippen molar-refractivity contribution >= 4 is 16.5 Å². The Balaban J connectivity index is 2.33. The average Bonchev–Trinajstić information content (AvgIpc) is 2.47. The zero-order chi connectivity index (χ0) is 8.97. The molecule has 0 saturated carbocycles. The number of aliphatic hydroxyl groups excluding tert-OH is 2. The molecule has 1 rings (SSSR count). The molecule has 1 heterocycles. The van der Waals surface area contributed by atoms with Crippen LogP contribution < -0.4 is 5.32 Å². The molecule has 5 heteroatoms. The topological polar surface area (TPSA) is 65.4 Å². The van der Waals surface area contributed by atoms with Crippen molar-refractivity contribution in [2.24, 2.45) is 0 Å². The largest absolute Gasteiger partial charge is 0.394 e. The standard InChI is InChI=1S/C7H12N2O2S/c1-5-4-12-7(9-5)8-2-6(11)3-10/h4,6,10-11H,2-3H2,1H3,(H,8,9). The third-order valence-electron chi connectivity index (χ3n) is 1.32. The summed E-state index contributed by atoms with van der Waals surface area (Å²) in [6.45, 7) is 2.02. The summed E-state index contributed by atoms with van der Waals surface area (Å²) < 4.78 is 0. The van der Waals surface area contributed by atoms with Crippen LogP contribution >= 0.6 is 11.3 Å². The minimum atomic E-state index is -0.714. The van der Waals surface area contributed by atoms with Crippen LogP contribution in [-0.4, -0.2) is 34.5 Å². The molecule has 0 radical (unpaired) electrons. The summed E-state index contributed by atoms with van der Waals surface area (Å²) in [7, 11) is 0. The van der Waals surface area contributed by atoms with Gasteiger partial charge in [-0.2, -0.15) is 0 Å². The Bertz CT molecular complexity index is 239. The van der Waals surface area contributed by atoms with Crippen LogP contribution in [0.1, 0.15) is 5.69 Å². The number of aromatic nitrogens is 1. The summed E-state index contributed by atoms with van der Waals surface area (Å²) in [6.07, 6.45) is -0.714. The smallest absolute Gasteiger partial charge is 0.182 e. The van der Waals surface area contributed by atoms with Gasteiger partial charge in [0.15, 0.2) is 5.13 Å². The predicted octanol–water partition coefficient (Wildman–Crippen LogP) is 0.217. The van der Waals surface area contributed by atoms with Crippen LogP contribution in [0.25, 0.3) is 0 Å². The fraction of sp³-hybridized carbons (Fsp3) is 0.571. The van der Waals surface area contributed by atoms with Gasteiger partial charge in [0.1, 0.15) is 0 Å². The van der Waals surface area contributed by atoms with Crippen LogP contribution in [0.5, 0.6) is 0 Å². The molecule has 0 saturated heterocycles. The third-order valence-corrected chi connectivity index (χ3v) is 2.24. The maximum Gasteiger partial charge on any atom is 0.182 e. The molecule has 1 aromatic rings. The number of rotatable bonds is 4. The Morgan fingerprint density at radius 1 is 1.75 bits per heavy atom. The second-order valence-corrected chi connectivity index (χ2v) is 3.37. The average molecular weight is 188 g/mol. The number of thiazole rings is 1. The molecular weight excluding hydrogens is 176 g/mol. The fourth-order valence-electron chi connectivity index (χ4n) is 0.705. The van der Waals surface area contributed by atoms with Gasteiger partial charge >= 0.3 is 0 Å². The molecule has 0 aromatic carbocycles. The van der Waals surface area contributed by atoms with Crippen LogP contribution in [0.15, 0.2) is 5.38 Å². The lowest BCUT2D eigenvalue weighted by Gasteiger charge is -2.06. The number of aliphatic hydroxyl groups is 2. The Kier molecular flexibility index (Phi) is 3.46. The third kappa shape index (κ3) is 2.77. The van der Waals surface area contributed by atoms with Crippen LogP contribution in [0, 0.1) is 6.92 Å². The molecule has 1 atom stereocenters. The Hall–Kier alpha value is -0.650. The zero-order valence-electron chi connectivity index (χ0n) is 6.82. The van der Waals surface area contributed by atoms with E-state index in [-0.39, 0.29) is 6.61 Å². The van der Waals surface area contributed by atoms with Crippen molar-refractivity contribution < 1.29 is 10.2 Å². The van der Waals surface area contributed by atoms with E-state index < -0.39 is 6.10 Å². The number of hydrogen-bond donors (Lipinski definition) is 3. The molecule has 0 aliphatic carbocycles. The van der Waals surface area contributed by atoms with Crippen molar-refractivity contribution in [1.29, 1.82) is 0 Å². The molecule has 0 fully saturated rings. The quantitative estimate of drug-likeness (QED) is 0.632. The van der Waals surface area contributed by atoms with Gasteiger partial charge < -0.3 is 15.5 Å². The highest BCUT2D eigenvalue weighted by Gasteiger charge is 2.02. The lowest BCUT2D eigenvalue weighted by molar-refractivity contribution is 0.105. The molecule has 1 aromatic heterocycles. The van der Waals surface area contributed by atoms with Crippen molar-refractivity contribution in [3.63, 3.8) is 0 Å². The van der Waals surface area contributed by atoms with Crippen LogP contribution in [-0.2, 0) is 0 Å². The second kappa shape index (κ2) is 4.39. The molecule has 0 aliphatic heterocycles. The molecule has 1 unspecified atom stereocenters. The van der Waals surface area contributed by atoms with E-state index in [9.17, 15) is 0 Å². The first-order chi connectivity index (χ1) is 5.72. The Morgan fingerprint density at radius 2 is 2.50 bits per heavy atom. The van der Waals surface area contributed by atoms with Gasteiger partial charge in [0.2, 0.25) is 0 Å². The predicted molar refractivity (Wildman–Crippen MR) is 48.4 cm³/mol. The number of nitrogens with zero attached hydrogens (tertiary/aromatic N) is 1. The maximum atomic E-state index is 8.99. The van der Waals surface area contributed by atoms with E-state index in [0.717, 1.165) is 10.8 Å². The number of anilines is 1. The summed E-state index contributed by atoms with van der Waals surface area (Å²) in [5, 5.41) is 23.1. The van der Waals surface area contributed by atoms with Gasteiger partial charge in [-0.3, -0.25) is 0 Å². The van der Waals surface area contributed by atoms with Gasteiger partial charge in [-0.15, -0.1) is 11.3 Å². The molecule has 0 amide bonds. The zero-order valence-corrected chi connectivity index (χ0v) is 7.64. The van der Waals surface area contributed by atoms with E-state index >= 15 is 0 Å². The lowest BCUT2D eigenvalue weighted by atomic mass is 10.4. The van der Waals surface area contributed by atoms with Crippen molar-refractivity contribution in [1.82, 2.24) is 4.98 Å². The van der Waals surface area contributed by atoms with E-state index in [1.807, 2.05) is 12.3 Å². The second-order valence-electron chi connectivity index (χ2n) is 2.51. The van der Waals surface area contributed by atoms with Gasteiger partial charge in [-0.25, -0.2) is 4.98 Å². The van der Waals surface area contributed by atoms with E-state index in [1.54, 1.807) is 0 Å². The Morgan fingerprint density at radius 3 is 3.00 bits per heavy atom. The molecule has 4 nitrogen and oxygen atoms in total. The molecule has 0 aliphatic rings. The van der Waals surface area contributed by atoms with Gasteiger partial charge in [0.25, 0.3) is 0 Å². The minimum absolute atomic E-state index is 0.225. The molecule has 0 bridgehead atoms. The first kappa shape index (κ1) is 9.44. The summed E-state index contributed by atoms with van der Waals surface area (Å²) >= 11 is 1.49. The van der Waals surface area contributed by atoms with Gasteiger partial charge in [-0.1, -0.05) is 0 Å². The number of aryl methyl sites for hydroxylation is 1. The molecule has 68 valence electrons. The van der Waals surface area contributed by atoms with E-state index in [1.165, 1.54) is 11.3 Å². The van der Waals surface area contributed by atoms with Crippen LogP contribution in [0.4, 0.5) is 5.13 Å². The monoisotopic (exact) mass is 188 g/mol. The molecular formula is C7H12N2O2S. The highest BCUT2D eigenvalue weighted by molar-refractivity contribution is 7.13. The van der Waals surface area contributed by atoms with E-state index in [0.29, 0.717) is 6.54 Å². The summed E-state index contributed by atoms with van der Waals surface area (Å²) in [6, 6.07) is 0. The van der Waals surface area contributed by atoms with E-state index in [4.69, 9.17) is 10.2 Å². The first-order valence-electron chi connectivity index (χ1n) is 3.67. The molecule has 12 heavy (non-hydrogen) atoms. The summed E-state index contributed by atoms with van der Waals surface area (Å²) in [4.78, 5) is 4.13. The normalized spacial score (nSPS) is 12.9. The van der Waals surface area contributed by atoms with Crippen molar-refractivity contribution in [2.75, 3.05) is 18.5 Å². The van der Waals surface area contributed by atoms with Crippen LogP contribution in [0.3, 0.4) is 0 Å². The lowest BCUT2D eigenvalue weighted by Crippen LogP contribution is -2.22. The van der Waals surface area contributed by atoms with E-state index in [2.05, 4.69) is 10.3 Å². The fourth-order valence-corrected chi connectivity index (χ4v) is 1.40. The van der Waals surface area contributed by atoms with Crippen molar-refractivity contribution in [2.45, 2.75) is 13.0 Å². The molecule has 3 N–H and O–H groups in total. The Labute approximate surface area is 74.9 Å². The van der Waals surface area contributed by atoms with Crippen LogP contribution in [0.2, 0.25) is 0 Å². The number of hydrogen-bond acceptors (Lipinski definition) is 5. The van der Waals surface area contributed by atoms with Crippen molar-refractivity contribution in [3.8, 4) is 0 Å².